The minimum Gasteiger partial charge on any atom is -0.396 e. The highest BCUT2D eigenvalue weighted by molar-refractivity contribution is 5.81. The van der Waals surface area contributed by atoms with Crippen LogP contribution in [0, 0.1) is 11.3 Å². The Kier molecular flexibility index (Phi) is 2.20. The lowest BCUT2D eigenvalue weighted by molar-refractivity contribution is -0.0300. The van der Waals surface area contributed by atoms with Crippen LogP contribution in [0.1, 0.15) is 12.5 Å². The molecule has 0 amide bonds. The number of nitrogens with zero attached hydrogens (tertiary/aromatic N) is 4. The van der Waals surface area contributed by atoms with Crippen LogP contribution >= 0.6 is 0 Å². The van der Waals surface area contributed by atoms with Crippen LogP contribution in [-0.2, 0) is 0 Å². The zero-order chi connectivity index (χ0) is 14.1. The summed E-state index contributed by atoms with van der Waals surface area (Å²) in [5, 5.41) is 29.9. The molecular formula is C12H15N5O3. The third-order valence-corrected chi connectivity index (χ3v) is 4.86. The summed E-state index contributed by atoms with van der Waals surface area (Å²) in [5.41, 5.74) is 6.18. The quantitative estimate of drug-likeness (QED) is 0.535. The topological polar surface area (TPSA) is 130 Å². The molecule has 2 heterocycles. The third-order valence-electron chi connectivity index (χ3n) is 4.86. The number of imidazole rings is 1. The smallest absolute Gasteiger partial charge is 0.165 e. The maximum atomic E-state index is 10.3. The molecule has 2 saturated carbocycles. The van der Waals surface area contributed by atoms with Gasteiger partial charge in [-0.15, -0.1) is 0 Å². The monoisotopic (exact) mass is 277 g/mol. The molecule has 2 aromatic rings. The standard InChI is InChI=1S/C12H15N5O3/c13-10-6-11(15-3-14-10)17(4-16-6)7-5-1-12(5,2-18)9(20)8(7)19/h3-5,7-9,18-20H,1-2H2,(H2,13,14,15)/t5-,7-,8?,9-,12+/m1/s1. The highest BCUT2D eigenvalue weighted by atomic mass is 16.3. The number of nitrogen functional groups attached to an aromatic ring is 1. The van der Waals surface area contributed by atoms with Crippen LogP contribution < -0.4 is 5.73 Å². The van der Waals surface area contributed by atoms with E-state index in [-0.39, 0.29) is 24.4 Å². The molecule has 0 radical (unpaired) electrons. The van der Waals surface area contributed by atoms with E-state index in [1.165, 1.54) is 6.33 Å². The number of aliphatic hydroxyl groups excluding tert-OH is 3. The Balaban J connectivity index is 1.83. The van der Waals surface area contributed by atoms with E-state index in [4.69, 9.17) is 5.73 Å². The van der Waals surface area contributed by atoms with Gasteiger partial charge in [0.25, 0.3) is 0 Å². The van der Waals surface area contributed by atoms with Crippen molar-refractivity contribution in [2.75, 3.05) is 12.3 Å². The summed E-state index contributed by atoms with van der Waals surface area (Å²) < 4.78 is 1.73. The van der Waals surface area contributed by atoms with Gasteiger partial charge in [0, 0.05) is 5.41 Å². The molecule has 2 aliphatic rings. The summed E-state index contributed by atoms with van der Waals surface area (Å²) in [7, 11) is 0. The average Bonchev–Trinajstić information content (AvgIpc) is 2.95. The van der Waals surface area contributed by atoms with Crippen LogP contribution in [0.5, 0.6) is 0 Å². The second-order valence-corrected chi connectivity index (χ2v) is 5.71. The van der Waals surface area contributed by atoms with E-state index in [2.05, 4.69) is 15.0 Å². The van der Waals surface area contributed by atoms with Crippen molar-refractivity contribution in [3.8, 4) is 0 Å². The van der Waals surface area contributed by atoms with Crippen molar-refractivity contribution in [2.24, 2.45) is 11.3 Å². The number of anilines is 1. The van der Waals surface area contributed by atoms with Gasteiger partial charge in [-0.2, -0.15) is 0 Å². The van der Waals surface area contributed by atoms with Gasteiger partial charge in [0.05, 0.1) is 25.1 Å². The predicted octanol–water partition coefficient (Wildman–Crippen LogP) is -1.32. The third kappa shape index (κ3) is 1.23. The molecule has 5 N–H and O–H groups in total. The maximum Gasteiger partial charge on any atom is 0.165 e. The van der Waals surface area contributed by atoms with Crippen LogP contribution in [0.3, 0.4) is 0 Å². The summed E-state index contributed by atoms with van der Waals surface area (Å²) in [6.07, 6.45) is 1.71. The molecule has 0 aliphatic heterocycles. The largest absolute Gasteiger partial charge is 0.396 e. The zero-order valence-corrected chi connectivity index (χ0v) is 10.6. The molecule has 1 unspecified atom stereocenters. The number of aliphatic hydroxyl groups is 3. The molecule has 0 aromatic carbocycles. The van der Waals surface area contributed by atoms with Crippen molar-refractivity contribution in [3.05, 3.63) is 12.7 Å². The van der Waals surface area contributed by atoms with Gasteiger partial charge in [0.15, 0.2) is 11.5 Å². The van der Waals surface area contributed by atoms with E-state index < -0.39 is 17.6 Å². The Morgan fingerprint density at radius 3 is 2.85 bits per heavy atom. The molecule has 5 atom stereocenters. The first kappa shape index (κ1) is 12.0. The molecule has 0 spiro atoms. The lowest BCUT2D eigenvalue weighted by Crippen LogP contribution is -2.35. The van der Waals surface area contributed by atoms with Crippen molar-refractivity contribution in [3.63, 3.8) is 0 Å². The summed E-state index contributed by atoms with van der Waals surface area (Å²) in [6, 6.07) is -0.351. The van der Waals surface area contributed by atoms with E-state index in [0.29, 0.717) is 17.6 Å². The minimum absolute atomic E-state index is 0.0195. The molecule has 2 fully saturated rings. The first-order valence-electron chi connectivity index (χ1n) is 6.50. The molecule has 0 bridgehead atoms. The van der Waals surface area contributed by atoms with Crippen LogP contribution in [0.25, 0.3) is 11.2 Å². The van der Waals surface area contributed by atoms with Crippen molar-refractivity contribution < 1.29 is 15.3 Å². The van der Waals surface area contributed by atoms with Gasteiger partial charge in [-0.25, -0.2) is 15.0 Å². The summed E-state index contributed by atoms with van der Waals surface area (Å²) in [5.74, 6) is 0.303. The number of fused-ring (bicyclic) bond motifs is 2. The number of nitrogens with two attached hydrogens (primary N) is 1. The number of rotatable bonds is 2. The normalized spacial score (nSPS) is 39.1. The van der Waals surface area contributed by atoms with E-state index in [9.17, 15) is 15.3 Å². The Bertz CT molecular complexity index is 689. The van der Waals surface area contributed by atoms with Crippen molar-refractivity contribution in [2.45, 2.75) is 24.7 Å². The fraction of sp³-hybridized carbons (Fsp3) is 0.583. The van der Waals surface area contributed by atoms with Crippen LogP contribution in [0.4, 0.5) is 5.82 Å². The maximum absolute atomic E-state index is 10.3. The summed E-state index contributed by atoms with van der Waals surface area (Å²) in [6.45, 7) is -0.129. The molecule has 2 aliphatic carbocycles. The van der Waals surface area contributed by atoms with Gasteiger partial charge in [0.1, 0.15) is 17.9 Å². The average molecular weight is 277 g/mol. The van der Waals surface area contributed by atoms with Crippen molar-refractivity contribution in [1.82, 2.24) is 19.5 Å². The lowest BCUT2D eigenvalue weighted by atomic mass is 10.0. The van der Waals surface area contributed by atoms with Crippen molar-refractivity contribution in [1.29, 1.82) is 0 Å². The minimum atomic E-state index is -0.950. The van der Waals surface area contributed by atoms with Gasteiger partial charge < -0.3 is 25.6 Å². The highest BCUT2D eigenvalue weighted by Crippen LogP contribution is 2.67. The van der Waals surface area contributed by atoms with Crippen molar-refractivity contribution >= 4 is 17.0 Å². The SMILES string of the molecule is Nc1ncnc2c1ncn2[C@H]1C(O)[C@@H](O)[C@]2(CO)C[C@H]12. The molecule has 2 aromatic heterocycles. The molecule has 20 heavy (non-hydrogen) atoms. The second-order valence-electron chi connectivity index (χ2n) is 5.71. The Morgan fingerprint density at radius 2 is 2.15 bits per heavy atom. The van der Waals surface area contributed by atoms with Gasteiger partial charge >= 0.3 is 0 Å². The van der Waals surface area contributed by atoms with E-state index in [1.54, 1.807) is 10.9 Å². The summed E-state index contributed by atoms with van der Waals surface area (Å²) in [4.78, 5) is 12.2. The molecule has 0 saturated heterocycles. The van der Waals surface area contributed by atoms with Crippen LogP contribution in [0.2, 0.25) is 0 Å². The Morgan fingerprint density at radius 1 is 1.35 bits per heavy atom. The highest BCUT2D eigenvalue weighted by Gasteiger charge is 2.71. The predicted molar refractivity (Wildman–Crippen MR) is 68.4 cm³/mol. The number of aromatic nitrogens is 4. The Hall–Kier alpha value is -1.77. The fourth-order valence-electron chi connectivity index (χ4n) is 3.64. The van der Waals surface area contributed by atoms with Gasteiger partial charge in [-0.3, -0.25) is 0 Å². The zero-order valence-electron chi connectivity index (χ0n) is 10.6. The van der Waals surface area contributed by atoms with Crippen LogP contribution in [0.15, 0.2) is 12.7 Å². The van der Waals surface area contributed by atoms with E-state index >= 15 is 0 Å². The second kappa shape index (κ2) is 3.66. The first-order chi connectivity index (χ1) is 9.60. The van der Waals surface area contributed by atoms with Gasteiger partial charge in [0.2, 0.25) is 0 Å². The fourth-order valence-corrected chi connectivity index (χ4v) is 3.64. The van der Waals surface area contributed by atoms with Gasteiger partial charge in [-0.1, -0.05) is 0 Å². The lowest BCUT2D eigenvalue weighted by Gasteiger charge is -2.23. The van der Waals surface area contributed by atoms with Crippen LogP contribution in [-0.4, -0.2) is 53.7 Å². The number of hydrogen-bond acceptors (Lipinski definition) is 7. The molecule has 8 heteroatoms. The number of hydrogen-bond donors (Lipinski definition) is 4. The van der Waals surface area contributed by atoms with Gasteiger partial charge in [-0.05, 0) is 12.3 Å². The van der Waals surface area contributed by atoms with E-state index in [1.807, 2.05) is 0 Å². The summed E-state index contributed by atoms with van der Waals surface area (Å²) >= 11 is 0. The van der Waals surface area contributed by atoms with E-state index in [0.717, 1.165) is 0 Å². The Labute approximate surface area is 113 Å². The molecule has 8 nitrogen and oxygen atoms in total. The molecule has 4 rings (SSSR count). The first-order valence-corrected chi connectivity index (χ1v) is 6.50. The molecular weight excluding hydrogens is 262 g/mol. The molecule has 106 valence electrons.